The van der Waals surface area contributed by atoms with Crippen molar-refractivity contribution in [3.8, 4) is 0 Å². The third-order valence-corrected chi connectivity index (χ3v) is 4.59. The number of hydrogen-bond acceptors (Lipinski definition) is 3. The Bertz CT molecular complexity index is 345. The molecule has 2 rings (SSSR count). The van der Waals surface area contributed by atoms with Gasteiger partial charge < -0.3 is 14.5 Å². The third-order valence-electron chi connectivity index (χ3n) is 4.59. The molecular weight excluding hydrogens is 256 g/mol. The van der Waals surface area contributed by atoms with Gasteiger partial charge in [0.25, 0.3) is 0 Å². The quantitative estimate of drug-likeness (QED) is 0.746. The number of piperidine rings is 1. The van der Waals surface area contributed by atoms with Gasteiger partial charge in [0.1, 0.15) is 6.54 Å². The predicted octanol–water partition coefficient (Wildman–Crippen LogP) is 2.26. The zero-order valence-corrected chi connectivity index (χ0v) is 12.6. The van der Waals surface area contributed by atoms with Gasteiger partial charge in [0.05, 0.1) is 7.11 Å². The average molecular weight is 282 g/mol. The Morgan fingerprint density at radius 2 is 1.75 bits per heavy atom. The molecule has 5 nitrogen and oxygen atoms in total. The van der Waals surface area contributed by atoms with Crippen LogP contribution in [0.1, 0.15) is 45.4 Å². The molecule has 1 heterocycles. The largest absolute Gasteiger partial charge is 0.468 e. The van der Waals surface area contributed by atoms with E-state index < -0.39 is 0 Å². The number of carbonyl (C=O) groups excluding carboxylic acids is 2. The molecule has 1 saturated carbocycles. The molecule has 2 fully saturated rings. The molecule has 0 unspecified atom stereocenters. The van der Waals surface area contributed by atoms with Gasteiger partial charge in [0, 0.05) is 19.1 Å². The normalized spacial score (nSPS) is 21.0. The number of ether oxygens (including phenoxy) is 1. The van der Waals surface area contributed by atoms with Crippen LogP contribution in [0, 0.1) is 5.92 Å². The van der Waals surface area contributed by atoms with Crippen molar-refractivity contribution in [1.82, 2.24) is 9.80 Å². The Morgan fingerprint density at radius 1 is 1.15 bits per heavy atom. The van der Waals surface area contributed by atoms with Gasteiger partial charge in [0.2, 0.25) is 0 Å². The lowest BCUT2D eigenvalue weighted by Crippen LogP contribution is -2.51. The molecule has 2 amide bonds. The van der Waals surface area contributed by atoms with Gasteiger partial charge in [0.15, 0.2) is 0 Å². The minimum atomic E-state index is -0.323. The first-order chi connectivity index (χ1) is 9.61. The van der Waals surface area contributed by atoms with E-state index in [2.05, 4.69) is 6.92 Å². The van der Waals surface area contributed by atoms with Crippen LogP contribution in [0.3, 0.4) is 0 Å². The van der Waals surface area contributed by atoms with Crippen molar-refractivity contribution in [3.63, 3.8) is 0 Å². The minimum Gasteiger partial charge on any atom is -0.468 e. The van der Waals surface area contributed by atoms with E-state index in [4.69, 9.17) is 4.74 Å². The highest BCUT2D eigenvalue weighted by molar-refractivity contribution is 5.81. The van der Waals surface area contributed by atoms with Gasteiger partial charge >= 0.3 is 12.0 Å². The number of likely N-dealkylation sites (tertiary alicyclic amines) is 1. The van der Waals surface area contributed by atoms with Crippen LogP contribution < -0.4 is 0 Å². The van der Waals surface area contributed by atoms with E-state index in [1.807, 2.05) is 4.90 Å². The first kappa shape index (κ1) is 15.1. The second kappa shape index (κ2) is 6.95. The molecule has 0 atom stereocenters. The van der Waals surface area contributed by atoms with Crippen LogP contribution in [0.2, 0.25) is 0 Å². The Hall–Kier alpha value is -1.26. The molecule has 2 aliphatic rings. The number of rotatable bonds is 3. The van der Waals surface area contributed by atoms with Crippen molar-refractivity contribution < 1.29 is 14.3 Å². The molecule has 1 saturated heterocycles. The highest BCUT2D eigenvalue weighted by atomic mass is 16.5. The summed E-state index contributed by atoms with van der Waals surface area (Å²) in [7, 11) is 1.38. The lowest BCUT2D eigenvalue weighted by atomic mass is 9.99. The van der Waals surface area contributed by atoms with Gasteiger partial charge in [-0.1, -0.05) is 19.8 Å². The lowest BCUT2D eigenvalue weighted by Gasteiger charge is -2.37. The summed E-state index contributed by atoms with van der Waals surface area (Å²) in [6.45, 7) is 3.94. The van der Waals surface area contributed by atoms with Crippen LogP contribution in [0.15, 0.2) is 0 Å². The summed E-state index contributed by atoms with van der Waals surface area (Å²) < 4.78 is 4.74. The molecule has 5 heteroatoms. The Kier molecular flexibility index (Phi) is 5.26. The van der Waals surface area contributed by atoms with Gasteiger partial charge in [-0.15, -0.1) is 0 Å². The van der Waals surface area contributed by atoms with Crippen LogP contribution in [-0.2, 0) is 9.53 Å². The molecule has 0 radical (unpaired) electrons. The molecule has 0 aromatic rings. The van der Waals surface area contributed by atoms with E-state index in [9.17, 15) is 9.59 Å². The first-order valence-electron chi connectivity index (χ1n) is 7.74. The van der Waals surface area contributed by atoms with E-state index in [0.717, 1.165) is 51.6 Å². The third kappa shape index (κ3) is 3.64. The number of urea groups is 1. The zero-order chi connectivity index (χ0) is 14.5. The van der Waals surface area contributed by atoms with Crippen molar-refractivity contribution in [2.75, 3.05) is 26.7 Å². The molecule has 0 aromatic carbocycles. The predicted molar refractivity (Wildman–Crippen MR) is 76.3 cm³/mol. The van der Waals surface area contributed by atoms with Crippen molar-refractivity contribution in [2.45, 2.75) is 51.5 Å². The second-order valence-electron chi connectivity index (χ2n) is 6.09. The fraction of sp³-hybridized carbons (Fsp3) is 0.867. The monoisotopic (exact) mass is 282 g/mol. The van der Waals surface area contributed by atoms with Crippen LogP contribution in [0.5, 0.6) is 0 Å². The highest BCUT2D eigenvalue weighted by Gasteiger charge is 2.32. The summed E-state index contributed by atoms with van der Waals surface area (Å²) in [5, 5.41) is 0. The van der Waals surface area contributed by atoms with Gasteiger partial charge in [-0.25, -0.2) is 4.79 Å². The Balaban J connectivity index is 2.00. The average Bonchev–Trinajstić information content (AvgIpc) is 2.98. The molecule has 0 spiro atoms. The fourth-order valence-corrected chi connectivity index (χ4v) is 3.15. The van der Waals surface area contributed by atoms with E-state index in [0.29, 0.717) is 5.92 Å². The van der Waals surface area contributed by atoms with E-state index in [1.54, 1.807) is 4.90 Å². The zero-order valence-electron chi connectivity index (χ0n) is 12.6. The Labute approximate surface area is 121 Å². The second-order valence-corrected chi connectivity index (χ2v) is 6.09. The molecule has 0 aromatic heterocycles. The van der Waals surface area contributed by atoms with Gasteiger partial charge in [-0.05, 0) is 31.6 Å². The molecule has 20 heavy (non-hydrogen) atoms. The first-order valence-corrected chi connectivity index (χ1v) is 7.74. The minimum absolute atomic E-state index is 0.0224. The molecule has 1 aliphatic carbocycles. The maximum Gasteiger partial charge on any atom is 0.325 e. The number of esters is 1. The number of carbonyl (C=O) groups is 2. The van der Waals surface area contributed by atoms with Crippen molar-refractivity contribution in [3.05, 3.63) is 0 Å². The van der Waals surface area contributed by atoms with Gasteiger partial charge in [-0.3, -0.25) is 4.79 Å². The molecular formula is C15H26N2O3. The molecule has 114 valence electrons. The van der Waals surface area contributed by atoms with Crippen LogP contribution >= 0.6 is 0 Å². The lowest BCUT2D eigenvalue weighted by molar-refractivity contribution is -0.141. The summed E-state index contributed by atoms with van der Waals surface area (Å²) in [5.74, 6) is 0.371. The molecule has 0 N–H and O–H groups in total. The fourth-order valence-electron chi connectivity index (χ4n) is 3.15. The number of methoxy groups -OCH3 is 1. The Morgan fingerprint density at radius 3 is 2.30 bits per heavy atom. The van der Waals surface area contributed by atoms with Crippen molar-refractivity contribution in [2.24, 2.45) is 5.92 Å². The number of amides is 2. The maximum absolute atomic E-state index is 12.7. The smallest absolute Gasteiger partial charge is 0.325 e. The van der Waals surface area contributed by atoms with E-state index in [1.165, 1.54) is 7.11 Å². The topological polar surface area (TPSA) is 49.9 Å². The number of hydrogen-bond donors (Lipinski definition) is 0. The van der Waals surface area contributed by atoms with Crippen molar-refractivity contribution in [1.29, 1.82) is 0 Å². The molecule has 1 aliphatic heterocycles. The van der Waals surface area contributed by atoms with Crippen LogP contribution in [0.25, 0.3) is 0 Å². The summed E-state index contributed by atoms with van der Waals surface area (Å²) in [4.78, 5) is 27.9. The summed E-state index contributed by atoms with van der Waals surface area (Å²) in [5.41, 5.74) is 0. The van der Waals surface area contributed by atoms with Crippen molar-refractivity contribution >= 4 is 12.0 Å². The van der Waals surface area contributed by atoms with E-state index in [-0.39, 0.29) is 24.6 Å². The summed E-state index contributed by atoms with van der Waals surface area (Å²) in [6, 6.07) is 0.232. The summed E-state index contributed by atoms with van der Waals surface area (Å²) in [6.07, 6.45) is 6.42. The molecule has 0 bridgehead atoms. The van der Waals surface area contributed by atoms with E-state index >= 15 is 0 Å². The number of nitrogens with zero attached hydrogens (tertiary/aromatic N) is 2. The standard InChI is InChI=1S/C15H26N2O3/c1-12-7-9-16(10-8-12)15(19)17(11-14(18)20-2)13-5-3-4-6-13/h12-13H,3-11H2,1-2H3. The SMILES string of the molecule is COC(=O)CN(C(=O)N1CCC(C)CC1)C1CCCC1. The van der Waals surface area contributed by atoms with Gasteiger partial charge in [-0.2, -0.15) is 0 Å². The summed E-state index contributed by atoms with van der Waals surface area (Å²) >= 11 is 0. The highest BCUT2D eigenvalue weighted by Crippen LogP contribution is 2.26. The maximum atomic E-state index is 12.7. The van der Waals surface area contributed by atoms with Crippen LogP contribution in [-0.4, -0.2) is 54.6 Å². The van der Waals surface area contributed by atoms with Crippen LogP contribution in [0.4, 0.5) is 4.79 Å².